The number of hydrogen-bond acceptors (Lipinski definition) is 4. The molecular weight excluding hydrogens is 304 g/mol. The Hall–Kier alpha value is -1.89. The number of amides is 2. The molecule has 6 nitrogen and oxygen atoms in total. The van der Waals surface area contributed by atoms with Gasteiger partial charge in [-0.25, -0.2) is 8.42 Å². The minimum Gasteiger partial charge on any atom is -0.349 e. The lowest BCUT2D eigenvalue weighted by Gasteiger charge is -2.10. The van der Waals surface area contributed by atoms with Gasteiger partial charge in [0.2, 0.25) is 5.91 Å². The van der Waals surface area contributed by atoms with E-state index in [1.165, 1.54) is 0 Å². The second kappa shape index (κ2) is 5.72. The highest BCUT2D eigenvalue weighted by Crippen LogP contribution is 2.22. The predicted octanol–water partition coefficient (Wildman–Crippen LogP) is 0.952. The van der Waals surface area contributed by atoms with Crippen LogP contribution in [0.4, 0.5) is 5.69 Å². The van der Waals surface area contributed by atoms with Gasteiger partial charge in [-0.3, -0.25) is 9.59 Å². The highest BCUT2D eigenvalue weighted by molar-refractivity contribution is 7.91. The number of benzene rings is 1. The van der Waals surface area contributed by atoms with Crippen LogP contribution >= 0.6 is 0 Å². The maximum Gasteiger partial charge on any atom is 0.251 e. The van der Waals surface area contributed by atoms with E-state index < -0.39 is 15.8 Å². The molecule has 1 aromatic carbocycles. The van der Waals surface area contributed by atoms with E-state index in [0.29, 0.717) is 17.7 Å². The summed E-state index contributed by atoms with van der Waals surface area (Å²) in [7, 11) is -3.09. The van der Waals surface area contributed by atoms with E-state index in [1.807, 2.05) is 0 Å². The fraction of sp³-hybridized carbons (Fsp3) is 0.467. The van der Waals surface area contributed by atoms with Crippen molar-refractivity contribution in [1.82, 2.24) is 5.32 Å². The molecule has 1 saturated heterocycles. The number of hydrogen-bond donors (Lipinski definition) is 2. The summed E-state index contributed by atoms with van der Waals surface area (Å²) in [6.07, 6.45) is 2.38. The highest BCUT2D eigenvalue weighted by atomic mass is 32.2. The van der Waals surface area contributed by atoms with Crippen LogP contribution in [0.3, 0.4) is 0 Å². The number of rotatable bonds is 4. The Morgan fingerprint density at radius 3 is 2.55 bits per heavy atom. The zero-order valence-electron chi connectivity index (χ0n) is 12.0. The molecule has 2 aliphatic rings. The van der Waals surface area contributed by atoms with Gasteiger partial charge in [-0.15, -0.1) is 0 Å². The average Bonchev–Trinajstić information content (AvgIpc) is 3.20. The van der Waals surface area contributed by atoms with Crippen molar-refractivity contribution >= 4 is 27.3 Å². The maximum atomic E-state index is 12.1. The third-order valence-corrected chi connectivity index (χ3v) is 5.68. The summed E-state index contributed by atoms with van der Waals surface area (Å²) in [5.41, 5.74) is 1.00. The van der Waals surface area contributed by atoms with Crippen molar-refractivity contribution in [2.75, 3.05) is 16.8 Å². The van der Waals surface area contributed by atoms with Gasteiger partial charge in [-0.1, -0.05) is 6.07 Å². The molecular formula is C15H18N2O4S. The van der Waals surface area contributed by atoms with Crippen LogP contribution in [0, 0.1) is 5.92 Å². The van der Waals surface area contributed by atoms with E-state index in [0.717, 1.165) is 12.8 Å². The second-order valence-corrected chi connectivity index (χ2v) is 8.15. The minimum absolute atomic E-state index is 0.0644. The molecule has 0 unspecified atom stereocenters. The molecule has 0 bridgehead atoms. The fourth-order valence-corrected chi connectivity index (χ4v) is 4.22. The summed E-state index contributed by atoms with van der Waals surface area (Å²) in [4.78, 5) is 24.1. The monoisotopic (exact) mass is 322 g/mol. The molecule has 0 spiro atoms. The number of sulfone groups is 1. The van der Waals surface area contributed by atoms with Crippen molar-refractivity contribution in [3.63, 3.8) is 0 Å². The van der Waals surface area contributed by atoms with Crippen LogP contribution in [-0.4, -0.2) is 37.8 Å². The van der Waals surface area contributed by atoms with E-state index >= 15 is 0 Å². The predicted molar refractivity (Wildman–Crippen MR) is 82.3 cm³/mol. The van der Waals surface area contributed by atoms with Crippen molar-refractivity contribution < 1.29 is 18.0 Å². The smallest absolute Gasteiger partial charge is 0.251 e. The van der Waals surface area contributed by atoms with Crippen LogP contribution in [0.1, 0.15) is 29.6 Å². The first-order chi connectivity index (χ1) is 10.4. The quantitative estimate of drug-likeness (QED) is 0.863. The zero-order valence-corrected chi connectivity index (χ0v) is 12.9. The van der Waals surface area contributed by atoms with Crippen LogP contribution in [0.5, 0.6) is 0 Å². The number of carbonyl (C=O) groups excluding carboxylic acids is 2. The Kier molecular flexibility index (Phi) is 3.90. The topological polar surface area (TPSA) is 92.3 Å². The Morgan fingerprint density at radius 1 is 1.14 bits per heavy atom. The Balaban J connectivity index is 1.64. The lowest BCUT2D eigenvalue weighted by atomic mass is 10.1. The van der Waals surface area contributed by atoms with Crippen LogP contribution in [0.2, 0.25) is 0 Å². The van der Waals surface area contributed by atoms with Gasteiger partial charge in [0.25, 0.3) is 5.91 Å². The Morgan fingerprint density at radius 2 is 1.91 bits per heavy atom. The van der Waals surface area contributed by atoms with Gasteiger partial charge in [-0.2, -0.15) is 0 Å². The summed E-state index contributed by atoms with van der Waals surface area (Å²) < 4.78 is 22.8. The molecule has 2 fully saturated rings. The van der Waals surface area contributed by atoms with E-state index in [-0.39, 0.29) is 29.4 Å². The lowest BCUT2D eigenvalue weighted by molar-refractivity contribution is -0.119. The van der Waals surface area contributed by atoms with Gasteiger partial charge in [0.1, 0.15) is 0 Å². The first-order valence-electron chi connectivity index (χ1n) is 7.35. The summed E-state index contributed by atoms with van der Waals surface area (Å²) in [6.45, 7) is 0. The number of carbonyl (C=O) groups is 2. The van der Waals surface area contributed by atoms with Gasteiger partial charge in [0.15, 0.2) is 9.84 Å². The van der Waals surface area contributed by atoms with Gasteiger partial charge in [0.05, 0.1) is 17.4 Å². The molecule has 1 aromatic rings. The third kappa shape index (κ3) is 3.65. The van der Waals surface area contributed by atoms with Gasteiger partial charge in [-0.05, 0) is 37.5 Å². The third-order valence-electron chi connectivity index (χ3n) is 3.91. The molecule has 1 aliphatic heterocycles. The molecule has 7 heteroatoms. The van der Waals surface area contributed by atoms with Crippen molar-refractivity contribution in [3.05, 3.63) is 29.8 Å². The van der Waals surface area contributed by atoms with Crippen molar-refractivity contribution in [2.24, 2.45) is 5.92 Å². The second-order valence-electron chi connectivity index (χ2n) is 5.92. The van der Waals surface area contributed by atoms with Crippen molar-refractivity contribution in [1.29, 1.82) is 0 Å². The number of anilines is 1. The lowest BCUT2D eigenvalue weighted by Crippen LogP contribution is -2.26. The molecule has 1 heterocycles. The normalized spacial score (nSPS) is 23.0. The van der Waals surface area contributed by atoms with Crippen molar-refractivity contribution in [2.45, 2.75) is 25.3 Å². The van der Waals surface area contributed by atoms with E-state index in [9.17, 15) is 18.0 Å². The Labute approximate surface area is 129 Å². The first-order valence-corrected chi connectivity index (χ1v) is 9.17. The minimum atomic E-state index is -3.09. The van der Waals surface area contributed by atoms with Crippen molar-refractivity contribution in [3.8, 4) is 0 Å². The number of nitrogens with one attached hydrogen (secondary N) is 2. The average molecular weight is 322 g/mol. The zero-order chi connectivity index (χ0) is 15.7. The molecule has 22 heavy (non-hydrogen) atoms. The largest absolute Gasteiger partial charge is 0.349 e. The molecule has 1 saturated carbocycles. The molecule has 118 valence electrons. The van der Waals surface area contributed by atoms with Crippen LogP contribution < -0.4 is 10.6 Å². The van der Waals surface area contributed by atoms with Crippen LogP contribution in [0.25, 0.3) is 0 Å². The van der Waals surface area contributed by atoms with Crippen LogP contribution in [0.15, 0.2) is 24.3 Å². The van der Waals surface area contributed by atoms with E-state index in [4.69, 9.17) is 0 Å². The molecule has 2 amide bonds. The van der Waals surface area contributed by atoms with E-state index in [1.54, 1.807) is 24.3 Å². The molecule has 1 atom stereocenters. The van der Waals surface area contributed by atoms with Gasteiger partial charge in [0, 0.05) is 17.3 Å². The molecule has 1 aliphatic carbocycles. The highest BCUT2D eigenvalue weighted by Gasteiger charge is 2.33. The molecule has 0 radical (unpaired) electrons. The molecule has 2 N–H and O–H groups in total. The summed E-state index contributed by atoms with van der Waals surface area (Å²) in [5, 5.41) is 5.59. The van der Waals surface area contributed by atoms with Gasteiger partial charge >= 0.3 is 0 Å². The van der Waals surface area contributed by atoms with Gasteiger partial charge < -0.3 is 10.6 Å². The summed E-state index contributed by atoms with van der Waals surface area (Å²) >= 11 is 0. The molecule has 0 aromatic heterocycles. The first kappa shape index (κ1) is 15.0. The summed E-state index contributed by atoms with van der Waals surface area (Å²) in [5.74, 6) is -0.993. The standard InChI is InChI=1S/C15H18N2O4S/c18-14(16-12-4-5-12)10-2-1-3-13(8-10)17-15(19)11-6-7-22(20,21)9-11/h1-3,8,11-12H,4-7,9H2,(H,16,18)(H,17,19)/t11-/m1/s1. The SMILES string of the molecule is O=C(NC1CC1)c1cccc(NC(=O)[C@@H]2CCS(=O)(=O)C2)c1. The molecule has 3 rings (SSSR count). The maximum absolute atomic E-state index is 12.1. The summed E-state index contributed by atoms with van der Waals surface area (Å²) in [6, 6.07) is 6.96. The fourth-order valence-electron chi connectivity index (χ4n) is 2.48. The van der Waals surface area contributed by atoms with Crippen LogP contribution in [-0.2, 0) is 14.6 Å². The van der Waals surface area contributed by atoms with E-state index in [2.05, 4.69) is 10.6 Å². The Bertz CT molecular complexity index is 710.